The summed E-state index contributed by atoms with van der Waals surface area (Å²) in [7, 11) is 0. The molecular formula is C15H19ClN2O2. The van der Waals surface area contributed by atoms with Gasteiger partial charge in [0.25, 0.3) is 0 Å². The number of imidazole rings is 1. The van der Waals surface area contributed by atoms with Crippen LogP contribution in [0, 0.1) is 6.92 Å². The molecule has 1 aromatic carbocycles. The summed E-state index contributed by atoms with van der Waals surface area (Å²) in [5, 5.41) is 0. The number of aromatic nitrogens is 2. The Morgan fingerprint density at radius 1 is 1.45 bits per heavy atom. The number of rotatable bonds is 6. The molecule has 0 unspecified atom stereocenters. The molecule has 1 heterocycles. The number of esters is 1. The molecule has 108 valence electrons. The Balaban J connectivity index is 2.31. The second-order valence-electron chi connectivity index (χ2n) is 4.62. The molecule has 0 bridgehead atoms. The van der Waals surface area contributed by atoms with E-state index >= 15 is 0 Å². The van der Waals surface area contributed by atoms with Crippen LogP contribution in [0.2, 0.25) is 0 Å². The highest BCUT2D eigenvalue weighted by molar-refractivity contribution is 6.17. The second kappa shape index (κ2) is 6.75. The van der Waals surface area contributed by atoms with E-state index in [1.807, 2.05) is 32.0 Å². The molecule has 0 aliphatic rings. The minimum atomic E-state index is -0.182. The van der Waals surface area contributed by atoms with Gasteiger partial charge in [-0.25, -0.2) is 4.98 Å². The van der Waals surface area contributed by atoms with Gasteiger partial charge < -0.3 is 9.30 Å². The van der Waals surface area contributed by atoms with Crippen LogP contribution >= 0.6 is 11.6 Å². The average Bonchev–Trinajstić information content (AvgIpc) is 2.77. The maximum absolute atomic E-state index is 11.5. The summed E-state index contributed by atoms with van der Waals surface area (Å²) < 4.78 is 7.05. The number of nitrogens with zero attached hydrogens (tertiary/aromatic N) is 2. The van der Waals surface area contributed by atoms with Crippen LogP contribution in [0.1, 0.15) is 24.7 Å². The third kappa shape index (κ3) is 3.12. The highest BCUT2D eigenvalue weighted by Crippen LogP contribution is 2.20. The molecule has 0 saturated heterocycles. The van der Waals surface area contributed by atoms with Crippen LogP contribution in [0.15, 0.2) is 18.2 Å². The number of aryl methyl sites for hydroxylation is 3. The molecule has 2 rings (SSSR count). The number of hydrogen-bond donors (Lipinski definition) is 0. The highest BCUT2D eigenvalue weighted by Gasteiger charge is 2.13. The molecular weight excluding hydrogens is 276 g/mol. The van der Waals surface area contributed by atoms with E-state index in [-0.39, 0.29) is 5.97 Å². The van der Waals surface area contributed by atoms with E-state index in [2.05, 4.69) is 9.55 Å². The van der Waals surface area contributed by atoms with Gasteiger partial charge in [-0.05, 0) is 25.5 Å². The molecule has 0 aliphatic heterocycles. The smallest absolute Gasteiger partial charge is 0.307 e. The number of ether oxygens (including phenoxy) is 1. The van der Waals surface area contributed by atoms with Crippen molar-refractivity contribution in [3.8, 4) is 0 Å². The molecule has 0 fully saturated rings. The number of alkyl halides is 1. The van der Waals surface area contributed by atoms with Crippen LogP contribution < -0.4 is 0 Å². The highest BCUT2D eigenvalue weighted by atomic mass is 35.5. The van der Waals surface area contributed by atoms with Crippen LogP contribution in [-0.2, 0) is 22.5 Å². The molecule has 0 saturated carbocycles. The SMILES string of the molecule is CCOC(=O)CCn1c(CCCl)nc2c(C)cccc21. The molecule has 5 heteroatoms. The van der Waals surface area contributed by atoms with Gasteiger partial charge >= 0.3 is 5.97 Å². The lowest BCUT2D eigenvalue weighted by Gasteiger charge is -2.08. The Labute approximate surface area is 123 Å². The van der Waals surface area contributed by atoms with Crippen molar-refractivity contribution in [1.82, 2.24) is 9.55 Å². The summed E-state index contributed by atoms with van der Waals surface area (Å²) in [6, 6.07) is 6.07. The van der Waals surface area contributed by atoms with Crippen molar-refractivity contribution in [3.05, 3.63) is 29.6 Å². The van der Waals surface area contributed by atoms with Crippen molar-refractivity contribution in [3.63, 3.8) is 0 Å². The Bertz CT molecular complexity index is 607. The number of carbonyl (C=O) groups excluding carboxylic acids is 1. The first-order chi connectivity index (χ1) is 9.67. The largest absolute Gasteiger partial charge is 0.466 e. The van der Waals surface area contributed by atoms with Crippen molar-refractivity contribution in [2.75, 3.05) is 12.5 Å². The van der Waals surface area contributed by atoms with Gasteiger partial charge in [0.05, 0.1) is 24.1 Å². The summed E-state index contributed by atoms with van der Waals surface area (Å²) in [6.07, 6.45) is 1.04. The van der Waals surface area contributed by atoms with Crippen molar-refractivity contribution in [2.45, 2.75) is 33.2 Å². The molecule has 0 aliphatic carbocycles. The number of benzene rings is 1. The summed E-state index contributed by atoms with van der Waals surface area (Å²) in [4.78, 5) is 16.2. The number of halogens is 1. The number of carbonyl (C=O) groups is 1. The van der Waals surface area contributed by atoms with Crippen molar-refractivity contribution in [1.29, 1.82) is 0 Å². The predicted molar refractivity (Wildman–Crippen MR) is 80.1 cm³/mol. The zero-order chi connectivity index (χ0) is 14.5. The van der Waals surface area contributed by atoms with E-state index in [0.717, 1.165) is 22.4 Å². The van der Waals surface area contributed by atoms with Crippen LogP contribution in [-0.4, -0.2) is 28.0 Å². The van der Waals surface area contributed by atoms with Crippen molar-refractivity contribution < 1.29 is 9.53 Å². The first-order valence-electron chi connectivity index (χ1n) is 6.83. The standard InChI is InChI=1S/C15H19ClN2O2/c1-3-20-14(19)8-10-18-12-6-4-5-11(2)15(12)17-13(18)7-9-16/h4-6H,3,7-10H2,1-2H3. The maximum atomic E-state index is 11.5. The molecule has 1 aromatic heterocycles. The average molecular weight is 295 g/mol. The fourth-order valence-electron chi connectivity index (χ4n) is 2.30. The topological polar surface area (TPSA) is 44.1 Å². The molecule has 2 aromatic rings. The van der Waals surface area contributed by atoms with E-state index in [4.69, 9.17) is 16.3 Å². The summed E-state index contributed by atoms with van der Waals surface area (Å²) >= 11 is 5.84. The van der Waals surface area contributed by atoms with Crippen LogP contribution in [0.25, 0.3) is 11.0 Å². The lowest BCUT2D eigenvalue weighted by atomic mass is 10.2. The summed E-state index contributed by atoms with van der Waals surface area (Å²) in [5.74, 6) is 1.26. The van der Waals surface area contributed by atoms with Gasteiger partial charge in [0.2, 0.25) is 0 Å². The number of hydrogen-bond acceptors (Lipinski definition) is 3. The Kier molecular flexibility index (Phi) is 5.01. The van der Waals surface area contributed by atoms with E-state index in [0.29, 0.717) is 31.9 Å². The minimum absolute atomic E-state index is 0.182. The van der Waals surface area contributed by atoms with E-state index < -0.39 is 0 Å². The predicted octanol–water partition coefficient (Wildman–Crippen LogP) is 3.08. The quantitative estimate of drug-likeness (QED) is 0.607. The van der Waals surface area contributed by atoms with Gasteiger partial charge in [-0.1, -0.05) is 12.1 Å². The van der Waals surface area contributed by atoms with Gasteiger partial charge in [-0.2, -0.15) is 0 Å². The fraction of sp³-hybridized carbons (Fsp3) is 0.467. The van der Waals surface area contributed by atoms with Crippen LogP contribution in [0.3, 0.4) is 0 Å². The van der Waals surface area contributed by atoms with E-state index in [1.54, 1.807) is 0 Å². The third-order valence-corrected chi connectivity index (χ3v) is 3.41. The van der Waals surface area contributed by atoms with Gasteiger partial charge in [0, 0.05) is 18.8 Å². The lowest BCUT2D eigenvalue weighted by Crippen LogP contribution is -2.11. The van der Waals surface area contributed by atoms with Gasteiger partial charge in [0.15, 0.2) is 0 Å². The molecule has 4 nitrogen and oxygen atoms in total. The Morgan fingerprint density at radius 2 is 2.25 bits per heavy atom. The van der Waals surface area contributed by atoms with E-state index in [1.165, 1.54) is 0 Å². The monoisotopic (exact) mass is 294 g/mol. The Hall–Kier alpha value is -1.55. The maximum Gasteiger partial charge on any atom is 0.307 e. The first kappa shape index (κ1) is 14.9. The zero-order valence-electron chi connectivity index (χ0n) is 11.9. The summed E-state index contributed by atoms with van der Waals surface area (Å²) in [5.41, 5.74) is 3.17. The molecule has 0 spiro atoms. The van der Waals surface area contributed by atoms with Crippen molar-refractivity contribution >= 4 is 28.6 Å². The molecule has 0 amide bonds. The summed E-state index contributed by atoms with van der Waals surface area (Å²) in [6.45, 7) is 4.84. The van der Waals surface area contributed by atoms with Crippen LogP contribution in [0.5, 0.6) is 0 Å². The molecule has 0 radical (unpaired) electrons. The lowest BCUT2D eigenvalue weighted by molar-refractivity contribution is -0.143. The third-order valence-electron chi connectivity index (χ3n) is 3.22. The number of para-hydroxylation sites is 1. The molecule has 20 heavy (non-hydrogen) atoms. The zero-order valence-corrected chi connectivity index (χ0v) is 12.6. The van der Waals surface area contributed by atoms with Gasteiger partial charge in [-0.15, -0.1) is 11.6 Å². The van der Waals surface area contributed by atoms with Crippen LogP contribution in [0.4, 0.5) is 0 Å². The van der Waals surface area contributed by atoms with Gasteiger partial charge in [0.1, 0.15) is 5.82 Å². The van der Waals surface area contributed by atoms with E-state index in [9.17, 15) is 4.79 Å². The second-order valence-corrected chi connectivity index (χ2v) is 4.99. The normalized spacial score (nSPS) is 10.9. The first-order valence-corrected chi connectivity index (χ1v) is 7.37. The minimum Gasteiger partial charge on any atom is -0.466 e. The van der Waals surface area contributed by atoms with Crippen molar-refractivity contribution in [2.24, 2.45) is 0 Å². The number of fused-ring (bicyclic) bond motifs is 1. The fourth-order valence-corrected chi connectivity index (χ4v) is 2.47. The Morgan fingerprint density at radius 3 is 2.95 bits per heavy atom. The van der Waals surface area contributed by atoms with Gasteiger partial charge in [-0.3, -0.25) is 4.79 Å². The molecule has 0 atom stereocenters. The molecule has 0 N–H and O–H groups in total.